The van der Waals surface area contributed by atoms with Gasteiger partial charge in [0, 0.05) is 40.9 Å². The van der Waals surface area contributed by atoms with Crippen molar-refractivity contribution in [1.29, 1.82) is 0 Å². The van der Waals surface area contributed by atoms with Gasteiger partial charge in [0.05, 0.1) is 17.4 Å². The van der Waals surface area contributed by atoms with E-state index >= 15 is 4.39 Å². The number of hydrogen-bond donors (Lipinski definition) is 4. The first-order chi connectivity index (χ1) is 20.5. The third-order valence-corrected chi connectivity index (χ3v) is 7.08. The number of anilines is 1. The number of pyridine rings is 2. The maximum Gasteiger partial charge on any atom is 0.178 e. The molecule has 0 amide bonds. The van der Waals surface area contributed by atoms with E-state index in [-0.39, 0.29) is 11.3 Å². The summed E-state index contributed by atoms with van der Waals surface area (Å²) in [5.74, 6) is -0.496. The topological polar surface area (TPSA) is 115 Å². The number of fused-ring (bicyclic) bond motifs is 2. The molecule has 0 bridgehead atoms. The Labute approximate surface area is 238 Å². The molecule has 206 valence electrons. The maximum atomic E-state index is 15.3. The molecule has 7 aromatic rings. The second-order valence-corrected chi connectivity index (χ2v) is 9.89. The van der Waals surface area contributed by atoms with Crippen LogP contribution >= 0.6 is 0 Å². The Hall–Kier alpha value is -5.48. The van der Waals surface area contributed by atoms with Crippen LogP contribution in [0.5, 0.6) is 0 Å². The zero-order valence-electron chi connectivity index (χ0n) is 22.0. The molecule has 7 rings (SSSR count). The lowest BCUT2D eigenvalue weighted by molar-refractivity contribution is 0.204. The van der Waals surface area contributed by atoms with E-state index in [1.165, 1.54) is 12.1 Å². The van der Waals surface area contributed by atoms with Crippen molar-refractivity contribution in [3.05, 3.63) is 115 Å². The van der Waals surface area contributed by atoms with E-state index in [2.05, 4.69) is 35.5 Å². The van der Waals surface area contributed by atoms with E-state index in [1.54, 1.807) is 55.0 Å². The van der Waals surface area contributed by atoms with Gasteiger partial charge >= 0.3 is 0 Å². The Morgan fingerprint density at radius 1 is 0.857 bits per heavy atom. The summed E-state index contributed by atoms with van der Waals surface area (Å²) in [6, 6.07) is 22.8. The molecule has 10 heteroatoms. The number of hydrogen-bond acceptors (Lipinski definition) is 6. The Balaban J connectivity index is 1.24. The van der Waals surface area contributed by atoms with Gasteiger partial charge in [-0.25, -0.2) is 18.7 Å². The average molecular weight is 560 g/mol. The number of nitrogens with zero attached hydrogens (tertiary/aromatic N) is 4. The Morgan fingerprint density at radius 2 is 1.69 bits per heavy atom. The van der Waals surface area contributed by atoms with Crippen molar-refractivity contribution < 1.29 is 13.9 Å². The SMILES string of the molecule is OC(Cc1ccccc1)Nc1cncc(-c2cc(F)c3n[nH]c(-c4nc5nccc(-c6ccccc6F)c5[nH]4)c3c2)c1. The van der Waals surface area contributed by atoms with Gasteiger partial charge in [0.1, 0.15) is 23.3 Å². The monoisotopic (exact) mass is 559 g/mol. The van der Waals surface area contributed by atoms with Crippen LogP contribution < -0.4 is 5.32 Å². The minimum absolute atomic E-state index is 0.150. The fourth-order valence-electron chi connectivity index (χ4n) is 5.11. The summed E-state index contributed by atoms with van der Waals surface area (Å²) in [4.78, 5) is 16.5. The molecular weight excluding hydrogens is 536 g/mol. The van der Waals surface area contributed by atoms with Crippen LogP contribution in [0.15, 0.2) is 97.5 Å². The van der Waals surface area contributed by atoms with Crippen molar-refractivity contribution in [2.45, 2.75) is 12.6 Å². The van der Waals surface area contributed by atoms with Crippen molar-refractivity contribution >= 4 is 27.8 Å². The first-order valence-corrected chi connectivity index (χ1v) is 13.2. The molecule has 0 saturated heterocycles. The Bertz CT molecular complexity index is 2060. The van der Waals surface area contributed by atoms with Gasteiger partial charge in [-0.1, -0.05) is 48.5 Å². The van der Waals surface area contributed by atoms with Crippen LogP contribution in [0, 0.1) is 11.6 Å². The van der Waals surface area contributed by atoms with Crippen LogP contribution in [0.1, 0.15) is 5.56 Å². The average Bonchev–Trinajstić information content (AvgIpc) is 3.63. The van der Waals surface area contributed by atoms with Crippen LogP contribution in [0.3, 0.4) is 0 Å². The van der Waals surface area contributed by atoms with Crippen molar-refractivity contribution in [3.63, 3.8) is 0 Å². The van der Waals surface area contributed by atoms with Crippen LogP contribution in [-0.2, 0) is 6.42 Å². The second kappa shape index (κ2) is 10.5. The van der Waals surface area contributed by atoms with Gasteiger partial charge in [-0.3, -0.25) is 10.1 Å². The first-order valence-electron chi connectivity index (χ1n) is 13.2. The highest BCUT2D eigenvalue weighted by atomic mass is 19.1. The van der Waals surface area contributed by atoms with Crippen LogP contribution in [0.25, 0.3) is 55.8 Å². The zero-order chi connectivity index (χ0) is 28.6. The normalized spacial score (nSPS) is 12.2. The van der Waals surface area contributed by atoms with E-state index in [4.69, 9.17) is 0 Å². The number of aromatic amines is 2. The van der Waals surface area contributed by atoms with Crippen LogP contribution in [0.2, 0.25) is 0 Å². The summed E-state index contributed by atoms with van der Waals surface area (Å²) in [6.07, 6.45) is 4.38. The summed E-state index contributed by atoms with van der Waals surface area (Å²) >= 11 is 0. The standard InChI is InChI=1S/C32H23F2N7O/c33-25-9-5-4-8-22(25)23-10-11-36-31-29(23)38-32(39-31)30-24-14-19(15-26(34)28(24)40-41-30)20-13-21(17-35-16-20)37-27(42)12-18-6-2-1-3-7-18/h1-11,13-17,27,37,42H,12H2,(H,40,41)(H,36,38,39). The number of aliphatic hydroxyl groups excluding tert-OH is 1. The maximum absolute atomic E-state index is 15.3. The molecule has 0 saturated carbocycles. The molecule has 1 unspecified atom stereocenters. The predicted molar refractivity (Wildman–Crippen MR) is 157 cm³/mol. The molecule has 3 aromatic carbocycles. The number of benzene rings is 3. The van der Waals surface area contributed by atoms with E-state index in [9.17, 15) is 9.50 Å². The Kier molecular flexibility index (Phi) is 6.37. The molecule has 0 radical (unpaired) electrons. The van der Waals surface area contributed by atoms with E-state index in [0.717, 1.165) is 5.56 Å². The smallest absolute Gasteiger partial charge is 0.178 e. The van der Waals surface area contributed by atoms with Crippen molar-refractivity contribution in [3.8, 4) is 33.8 Å². The molecule has 4 heterocycles. The third-order valence-electron chi connectivity index (χ3n) is 7.08. The van der Waals surface area contributed by atoms with Crippen molar-refractivity contribution in [2.24, 2.45) is 0 Å². The highest BCUT2D eigenvalue weighted by molar-refractivity contribution is 5.97. The van der Waals surface area contributed by atoms with Gasteiger partial charge < -0.3 is 15.4 Å². The second-order valence-electron chi connectivity index (χ2n) is 9.89. The molecule has 4 N–H and O–H groups in total. The first kappa shape index (κ1) is 25.5. The molecule has 0 spiro atoms. The summed E-state index contributed by atoms with van der Waals surface area (Å²) < 4.78 is 29.9. The molecule has 4 aromatic heterocycles. The molecule has 0 fully saturated rings. The lowest BCUT2D eigenvalue weighted by atomic mass is 10.0. The molecule has 0 aliphatic carbocycles. The number of halogens is 2. The molecule has 0 aliphatic heterocycles. The molecule has 42 heavy (non-hydrogen) atoms. The van der Waals surface area contributed by atoms with Crippen molar-refractivity contribution in [2.75, 3.05) is 5.32 Å². The Morgan fingerprint density at radius 3 is 2.55 bits per heavy atom. The molecular formula is C32H23F2N7O. The minimum atomic E-state index is -0.833. The van der Waals surface area contributed by atoms with Gasteiger partial charge in [0.2, 0.25) is 0 Å². The summed E-state index contributed by atoms with van der Waals surface area (Å²) in [7, 11) is 0. The van der Waals surface area contributed by atoms with Gasteiger partial charge in [-0.05, 0) is 41.5 Å². The van der Waals surface area contributed by atoms with E-state index in [1.807, 2.05) is 30.3 Å². The zero-order valence-corrected chi connectivity index (χ0v) is 22.0. The number of nitrogens with one attached hydrogen (secondary N) is 3. The van der Waals surface area contributed by atoms with E-state index in [0.29, 0.717) is 62.4 Å². The van der Waals surface area contributed by atoms with Crippen LogP contribution in [-0.4, -0.2) is 41.5 Å². The van der Waals surface area contributed by atoms with Crippen molar-refractivity contribution in [1.82, 2.24) is 30.1 Å². The minimum Gasteiger partial charge on any atom is -0.373 e. The lowest BCUT2D eigenvalue weighted by Gasteiger charge is -2.15. The quantitative estimate of drug-likeness (QED) is 0.166. The van der Waals surface area contributed by atoms with Gasteiger partial charge in [-0.15, -0.1) is 0 Å². The highest BCUT2D eigenvalue weighted by Gasteiger charge is 2.19. The molecule has 0 aliphatic rings. The van der Waals surface area contributed by atoms with Gasteiger partial charge in [-0.2, -0.15) is 5.10 Å². The largest absolute Gasteiger partial charge is 0.373 e. The van der Waals surface area contributed by atoms with E-state index < -0.39 is 12.0 Å². The summed E-state index contributed by atoms with van der Waals surface area (Å²) in [6.45, 7) is 0. The number of imidazole rings is 1. The summed E-state index contributed by atoms with van der Waals surface area (Å²) in [5.41, 5.74) is 5.37. The number of aromatic nitrogens is 6. The third kappa shape index (κ3) is 4.73. The highest BCUT2D eigenvalue weighted by Crippen LogP contribution is 2.34. The summed E-state index contributed by atoms with van der Waals surface area (Å²) in [5, 5.41) is 21.2. The number of H-pyrrole nitrogens is 2. The number of rotatable bonds is 7. The van der Waals surface area contributed by atoms with Gasteiger partial charge in [0.15, 0.2) is 17.3 Å². The lowest BCUT2D eigenvalue weighted by Crippen LogP contribution is -2.21. The van der Waals surface area contributed by atoms with Crippen LogP contribution in [0.4, 0.5) is 14.5 Å². The fraction of sp³-hybridized carbons (Fsp3) is 0.0625. The predicted octanol–water partition coefficient (Wildman–Crippen LogP) is 6.48. The molecule has 8 nitrogen and oxygen atoms in total. The molecule has 1 atom stereocenters. The fourth-order valence-corrected chi connectivity index (χ4v) is 5.11. The van der Waals surface area contributed by atoms with Gasteiger partial charge in [0.25, 0.3) is 0 Å². The number of aliphatic hydroxyl groups is 1.